The minimum absolute atomic E-state index is 0.262. The van der Waals surface area contributed by atoms with Crippen molar-refractivity contribution in [1.82, 2.24) is 25.0 Å². The second-order valence-electron chi connectivity index (χ2n) is 4.10. The monoisotopic (exact) mass is 229 g/mol. The van der Waals surface area contributed by atoms with Crippen molar-refractivity contribution in [3.05, 3.63) is 11.1 Å². The topological polar surface area (TPSA) is 48.1 Å². The van der Waals surface area contributed by atoms with Crippen molar-refractivity contribution in [2.75, 3.05) is 33.7 Å². The number of hydrogen-bond acceptors (Lipinski definition) is 4. The lowest BCUT2D eigenvalue weighted by atomic mass is 10.2. The molecule has 1 aliphatic rings. The maximum atomic E-state index is 5.72. The number of aromatic nitrogens is 3. The smallest absolute Gasteiger partial charge is 0.242 e. The lowest BCUT2D eigenvalue weighted by molar-refractivity contribution is 0.220. The van der Waals surface area contributed by atoms with Crippen molar-refractivity contribution in [3.8, 4) is 0 Å². The molecule has 0 aromatic carbocycles. The Hall–Kier alpha value is -0.650. The van der Waals surface area contributed by atoms with E-state index in [2.05, 4.69) is 39.1 Å². The van der Waals surface area contributed by atoms with Gasteiger partial charge in [-0.15, -0.1) is 5.10 Å². The van der Waals surface area contributed by atoms with E-state index in [0.29, 0.717) is 5.28 Å². The molecule has 0 aliphatic carbocycles. The highest BCUT2D eigenvalue weighted by atomic mass is 35.5. The Morgan fingerprint density at radius 2 is 2.20 bits per heavy atom. The zero-order valence-electron chi connectivity index (χ0n) is 9.07. The fourth-order valence-electron chi connectivity index (χ4n) is 1.97. The van der Waals surface area contributed by atoms with E-state index in [1.807, 2.05) is 0 Å². The fraction of sp³-hybridized carbons (Fsp3) is 0.778. The van der Waals surface area contributed by atoms with Gasteiger partial charge in [0, 0.05) is 6.54 Å². The third kappa shape index (κ3) is 2.48. The average molecular weight is 230 g/mol. The van der Waals surface area contributed by atoms with Crippen molar-refractivity contribution < 1.29 is 0 Å². The minimum atomic E-state index is 0.262. The SMILES string of the molecule is CN1CCCN(C)C(c2nc(Cl)n[nH]2)C1. The Balaban J connectivity index is 2.17. The van der Waals surface area contributed by atoms with Crippen LogP contribution in [-0.2, 0) is 0 Å². The third-order valence-electron chi connectivity index (χ3n) is 2.86. The number of aromatic amines is 1. The molecule has 1 aromatic rings. The van der Waals surface area contributed by atoms with Gasteiger partial charge in [0.2, 0.25) is 5.28 Å². The Labute approximate surface area is 94.4 Å². The van der Waals surface area contributed by atoms with Gasteiger partial charge in [-0.2, -0.15) is 0 Å². The summed E-state index contributed by atoms with van der Waals surface area (Å²) >= 11 is 5.72. The summed E-state index contributed by atoms with van der Waals surface area (Å²) < 4.78 is 0. The molecule has 1 aliphatic heterocycles. The Morgan fingerprint density at radius 1 is 1.40 bits per heavy atom. The number of rotatable bonds is 1. The van der Waals surface area contributed by atoms with E-state index in [9.17, 15) is 0 Å². The number of nitrogens with zero attached hydrogens (tertiary/aromatic N) is 4. The third-order valence-corrected chi connectivity index (χ3v) is 3.03. The van der Waals surface area contributed by atoms with Gasteiger partial charge in [0.15, 0.2) is 0 Å². The zero-order valence-corrected chi connectivity index (χ0v) is 9.83. The predicted molar refractivity (Wildman–Crippen MR) is 58.9 cm³/mol. The lowest BCUT2D eigenvalue weighted by Gasteiger charge is -2.24. The number of likely N-dealkylation sites (N-methyl/N-ethyl adjacent to an activating group) is 2. The van der Waals surface area contributed by atoms with Crippen LogP contribution >= 0.6 is 11.6 Å². The molecule has 15 heavy (non-hydrogen) atoms. The number of H-pyrrole nitrogens is 1. The molecule has 0 spiro atoms. The first-order valence-electron chi connectivity index (χ1n) is 5.13. The lowest BCUT2D eigenvalue weighted by Crippen LogP contribution is -2.31. The van der Waals surface area contributed by atoms with Gasteiger partial charge in [-0.1, -0.05) is 0 Å². The van der Waals surface area contributed by atoms with Crippen LogP contribution in [0.5, 0.6) is 0 Å². The first-order valence-corrected chi connectivity index (χ1v) is 5.51. The first kappa shape index (κ1) is 10.9. The van der Waals surface area contributed by atoms with Crippen LogP contribution in [0.4, 0.5) is 0 Å². The van der Waals surface area contributed by atoms with E-state index < -0.39 is 0 Å². The van der Waals surface area contributed by atoms with Crippen molar-refractivity contribution in [1.29, 1.82) is 0 Å². The minimum Gasteiger partial charge on any atom is -0.304 e. The summed E-state index contributed by atoms with van der Waals surface area (Å²) in [5.74, 6) is 0.858. The Bertz CT molecular complexity index is 326. The van der Waals surface area contributed by atoms with Crippen molar-refractivity contribution in [2.24, 2.45) is 0 Å². The molecule has 1 unspecified atom stereocenters. The summed E-state index contributed by atoms with van der Waals surface area (Å²) in [7, 11) is 4.24. The van der Waals surface area contributed by atoms with Crippen LogP contribution in [0.3, 0.4) is 0 Å². The zero-order chi connectivity index (χ0) is 10.8. The van der Waals surface area contributed by atoms with E-state index in [4.69, 9.17) is 11.6 Å². The van der Waals surface area contributed by atoms with Gasteiger partial charge >= 0.3 is 0 Å². The van der Waals surface area contributed by atoms with Crippen LogP contribution in [0.1, 0.15) is 18.3 Å². The molecule has 1 saturated heterocycles. The van der Waals surface area contributed by atoms with Crippen LogP contribution in [0.15, 0.2) is 0 Å². The van der Waals surface area contributed by atoms with Gasteiger partial charge in [0.1, 0.15) is 5.82 Å². The predicted octanol–water partition coefficient (Wildman–Crippen LogP) is 0.766. The Morgan fingerprint density at radius 3 is 2.87 bits per heavy atom. The quantitative estimate of drug-likeness (QED) is 0.773. The maximum Gasteiger partial charge on any atom is 0.242 e. The van der Waals surface area contributed by atoms with Crippen molar-refractivity contribution >= 4 is 11.6 Å². The summed E-state index contributed by atoms with van der Waals surface area (Å²) in [6.45, 7) is 3.16. The number of nitrogens with one attached hydrogen (secondary N) is 1. The molecule has 1 atom stereocenters. The molecule has 1 N–H and O–H groups in total. The van der Waals surface area contributed by atoms with Gasteiger partial charge in [0.25, 0.3) is 0 Å². The second kappa shape index (κ2) is 4.47. The molecular formula is C9H16ClN5. The first-order chi connectivity index (χ1) is 7.16. The highest BCUT2D eigenvalue weighted by molar-refractivity contribution is 6.28. The highest BCUT2D eigenvalue weighted by Gasteiger charge is 2.24. The molecule has 6 heteroatoms. The van der Waals surface area contributed by atoms with Gasteiger partial charge in [0.05, 0.1) is 6.04 Å². The Kier molecular flexibility index (Phi) is 3.23. The van der Waals surface area contributed by atoms with E-state index in [1.54, 1.807) is 0 Å². The molecule has 1 aromatic heterocycles. The molecule has 0 saturated carbocycles. The molecule has 5 nitrogen and oxygen atoms in total. The number of halogens is 1. The molecule has 2 heterocycles. The summed E-state index contributed by atoms with van der Waals surface area (Å²) in [5.41, 5.74) is 0. The standard InChI is InChI=1S/C9H16ClN5/c1-14-4-3-5-15(2)7(6-14)8-11-9(10)13-12-8/h7H,3-6H2,1-2H3,(H,11,12,13). The highest BCUT2D eigenvalue weighted by Crippen LogP contribution is 2.20. The summed E-state index contributed by atoms with van der Waals surface area (Å²) in [6.07, 6.45) is 1.19. The molecule has 2 rings (SSSR count). The number of hydrogen-bond donors (Lipinski definition) is 1. The molecule has 1 fully saturated rings. The summed E-state index contributed by atoms with van der Waals surface area (Å²) in [5, 5.41) is 7.06. The van der Waals surface area contributed by atoms with Crippen LogP contribution in [0, 0.1) is 0 Å². The van der Waals surface area contributed by atoms with Gasteiger partial charge in [-0.3, -0.25) is 10.00 Å². The molecular weight excluding hydrogens is 214 g/mol. The molecule has 0 amide bonds. The van der Waals surface area contributed by atoms with Gasteiger partial charge < -0.3 is 4.90 Å². The van der Waals surface area contributed by atoms with E-state index in [1.165, 1.54) is 6.42 Å². The van der Waals surface area contributed by atoms with Crippen LogP contribution in [-0.4, -0.2) is 58.7 Å². The largest absolute Gasteiger partial charge is 0.304 e. The molecule has 0 bridgehead atoms. The van der Waals surface area contributed by atoms with E-state index in [-0.39, 0.29) is 6.04 Å². The van der Waals surface area contributed by atoms with Crippen LogP contribution < -0.4 is 0 Å². The summed E-state index contributed by atoms with van der Waals surface area (Å²) in [6, 6.07) is 0.262. The van der Waals surface area contributed by atoms with Crippen molar-refractivity contribution in [3.63, 3.8) is 0 Å². The maximum absolute atomic E-state index is 5.72. The summed E-state index contributed by atoms with van der Waals surface area (Å²) in [4.78, 5) is 8.79. The average Bonchev–Trinajstić information content (AvgIpc) is 2.53. The fourth-order valence-corrected chi connectivity index (χ4v) is 2.10. The van der Waals surface area contributed by atoms with Crippen LogP contribution in [0.25, 0.3) is 0 Å². The molecule has 0 radical (unpaired) electrons. The van der Waals surface area contributed by atoms with E-state index in [0.717, 1.165) is 25.5 Å². The second-order valence-corrected chi connectivity index (χ2v) is 4.44. The molecule has 84 valence electrons. The van der Waals surface area contributed by atoms with Gasteiger partial charge in [-0.05, 0) is 45.2 Å². The van der Waals surface area contributed by atoms with E-state index >= 15 is 0 Å². The normalized spacial score (nSPS) is 25.4. The van der Waals surface area contributed by atoms with Crippen LogP contribution in [0.2, 0.25) is 5.28 Å². The van der Waals surface area contributed by atoms with Gasteiger partial charge in [-0.25, -0.2) is 4.98 Å². The van der Waals surface area contributed by atoms with Crippen molar-refractivity contribution in [2.45, 2.75) is 12.5 Å².